The Bertz CT molecular complexity index is 556. The minimum atomic E-state index is -0.108. The fourth-order valence-corrected chi connectivity index (χ4v) is 2.67. The van der Waals surface area contributed by atoms with E-state index >= 15 is 0 Å². The molecular weight excluding hydrogens is 240 g/mol. The van der Waals surface area contributed by atoms with Crippen LogP contribution in [0.25, 0.3) is 11.1 Å². The monoisotopic (exact) mass is 260 g/mol. The second-order valence-corrected chi connectivity index (χ2v) is 5.29. The maximum atomic E-state index is 9.51. The summed E-state index contributed by atoms with van der Waals surface area (Å²) in [5.74, 6) is 0.785. The highest BCUT2D eigenvalue weighted by Crippen LogP contribution is 2.25. The normalized spacial score (nSPS) is 23.7. The number of aliphatic hydroxyl groups excluding tert-OH is 1. The van der Waals surface area contributed by atoms with Crippen LogP contribution in [0.1, 0.15) is 38.5 Å². The molecule has 0 amide bonds. The summed E-state index contributed by atoms with van der Waals surface area (Å²) in [7, 11) is 0. The Labute approximate surface area is 112 Å². The van der Waals surface area contributed by atoms with Crippen molar-refractivity contribution in [2.24, 2.45) is 0 Å². The molecule has 0 saturated heterocycles. The molecular formula is C15H20N2O2. The van der Waals surface area contributed by atoms with Gasteiger partial charge in [-0.1, -0.05) is 6.92 Å². The van der Waals surface area contributed by atoms with E-state index in [9.17, 15) is 5.11 Å². The maximum absolute atomic E-state index is 9.51. The smallest absolute Gasteiger partial charge is 0.195 e. The Morgan fingerprint density at radius 2 is 2.11 bits per heavy atom. The molecule has 1 aliphatic carbocycles. The third-order valence-electron chi connectivity index (χ3n) is 3.80. The van der Waals surface area contributed by atoms with Crippen molar-refractivity contribution in [3.05, 3.63) is 24.1 Å². The lowest BCUT2D eigenvalue weighted by Crippen LogP contribution is -2.28. The highest BCUT2D eigenvalue weighted by molar-refractivity contribution is 5.77. The fraction of sp³-hybridized carbons (Fsp3) is 0.533. The van der Waals surface area contributed by atoms with Gasteiger partial charge in [0, 0.05) is 18.2 Å². The van der Waals surface area contributed by atoms with Gasteiger partial charge in [0.2, 0.25) is 0 Å². The van der Waals surface area contributed by atoms with Gasteiger partial charge in [0.25, 0.3) is 0 Å². The highest BCUT2D eigenvalue weighted by Gasteiger charge is 2.19. The number of rotatable bonds is 3. The zero-order valence-electron chi connectivity index (χ0n) is 11.2. The molecule has 4 nitrogen and oxygen atoms in total. The molecule has 2 aromatic rings. The summed E-state index contributed by atoms with van der Waals surface area (Å²) in [5.41, 5.74) is 2.85. The van der Waals surface area contributed by atoms with Crippen LogP contribution in [0.4, 0.5) is 5.69 Å². The van der Waals surface area contributed by atoms with E-state index in [0.717, 1.165) is 54.8 Å². The number of fused-ring (bicyclic) bond motifs is 1. The molecule has 0 unspecified atom stereocenters. The van der Waals surface area contributed by atoms with Crippen LogP contribution in [0.2, 0.25) is 0 Å². The van der Waals surface area contributed by atoms with E-state index in [1.54, 1.807) is 0 Å². The molecule has 3 rings (SSSR count). The van der Waals surface area contributed by atoms with Gasteiger partial charge in [-0.25, -0.2) is 4.98 Å². The van der Waals surface area contributed by atoms with Crippen molar-refractivity contribution in [2.45, 2.75) is 51.2 Å². The van der Waals surface area contributed by atoms with Gasteiger partial charge in [0.1, 0.15) is 5.52 Å². The third-order valence-corrected chi connectivity index (χ3v) is 3.80. The lowest BCUT2D eigenvalue weighted by Gasteiger charge is -2.26. The molecule has 1 saturated carbocycles. The predicted molar refractivity (Wildman–Crippen MR) is 75.3 cm³/mol. The molecule has 102 valence electrons. The van der Waals surface area contributed by atoms with Crippen molar-refractivity contribution in [1.82, 2.24) is 4.98 Å². The zero-order valence-corrected chi connectivity index (χ0v) is 11.2. The largest absolute Gasteiger partial charge is 0.441 e. The van der Waals surface area contributed by atoms with Crippen LogP contribution < -0.4 is 5.32 Å². The topological polar surface area (TPSA) is 58.3 Å². The number of aromatic nitrogens is 1. The van der Waals surface area contributed by atoms with Crippen LogP contribution in [-0.2, 0) is 6.42 Å². The molecule has 19 heavy (non-hydrogen) atoms. The molecule has 1 heterocycles. The average Bonchev–Trinajstić information content (AvgIpc) is 2.83. The highest BCUT2D eigenvalue weighted by atomic mass is 16.3. The van der Waals surface area contributed by atoms with E-state index in [-0.39, 0.29) is 6.10 Å². The summed E-state index contributed by atoms with van der Waals surface area (Å²) in [4.78, 5) is 4.45. The molecule has 1 aromatic heterocycles. The first-order valence-corrected chi connectivity index (χ1v) is 7.08. The Balaban J connectivity index is 1.74. The Hall–Kier alpha value is -1.55. The lowest BCUT2D eigenvalue weighted by molar-refractivity contribution is 0.126. The fourth-order valence-electron chi connectivity index (χ4n) is 2.67. The average molecular weight is 260 g/mol. The lowest BCUT2D eigenvalue weighted by atomic mass is 9.93. The van der Waals surface area contributed by atoms with Crippen LogP contribution in [0, 0.1) is 0 Å². The minimum Gasteiger partial charge on any atom is -0.441 e. The maximum Gasteiger partial charge on any atom is 0.195 e. The molecule has 4 heteroatoms. The molecule has 0 radical (unpaired) electrons. The summed E-state index contributed by atoms with van der Waals surface area (Å²) in [5, 5.41) is 13.0. The second kappa shape index (κ2) is 5.21. The van der Waals surface area contributed by atoms with Crippen LogP contribution >= 0.6 is 0 Å². The number of nitrogens with zero attached hydrogens (tertiary/aromatic N) is 1. The number of nitrogens with one attached hydrogen (secondary N) is 1. The van der Waals surface area contributed by atoms with Crippen LogP contribution in [0.15, 0.2) is 22.6 Å². The Morgan fingerprint density at radius 1 is 1.32 bits per heavy atom. The quantitative estimate of drug-likeness (QED) is 0.890. The number of aliphatic hydroxyl groups is 1. The van der Waals surface area contributed by atoms with Gasteiger partial charge in [-0.15, -0.1) is 0 Å². The van der Waals surface area contributed by atoms with Crippen LogP contribution in [-0.4, -0.2) is 22.2 Å². The van der Waals surface area contributed by atoms with Crippen molar-refractivity contribution in [1.29, 1.82) is 0 Å². The first-order chi connectivity index (χ1) is 9.24. The van der Waals surface area contributed by atoms with Gasteiger partial charge >= 0.3 is 0 Å². The summed E-state index contributed by atoms with van der Waals surface area (Å²) in [6.07, 6.45) is 4.55. The minimum absolute atomic E-state index is 0.108. The summed E-state index contributed by atoms with van der Waals surface area (Å²) in [6.45, 7) is 2.04. The van der Waals surface area contributed by atoms with Crippen molar-refractivity contribution in [3.63, 3.8) is 0 Å². The summed E-state index contributed by atoms with van der Waals surface area (Å²) in [6, 6.07) is 6.51. The number of benzene rings is 1. The number of anilines is 1. The molecule has 0 atom stereocenters. The van der Waals surface area contributed by atoms with E-state index in [1.165, 1.54) is 0 Å². The predicted octanol–water partition coefficient (Wildman–Crippen LogP) is 3.11. The summed E-state index contributed by atoms with van der Waals surface area (Å²) < 4.78 is 5.60. The van der Waals surface area contributed by atoms with Gasteiger partial charge in [-0.3, -0.25) is 0 Å². The molecule has 2 N–H and O–H groups in total. The van der Waals surface area contributed by atoms with Crippen molar-refractivity contribution in [2.75, 3.05) is 5.32 Å². The van der Waals surface area contributed by atoms with Crippen molar-refractivity contribution < 1.29 is 9.52 Å². The number of oxazole rings is 1. The Kier molecular flexibility index (Phi) is 3.42. The van der Waals surface area contributed by atoms with E-state index in [0.29, 0.717) is 6.04 Å². The summed E-state index contributed by atoms with van der Waals surface area (Å²) >= 11 is 0. The first kappa shape index (κ1) is 12.5. The first-order valence-electron chi connectivity index (χ1n) is 7.08. The molecule has 1 fully saturated rings. The van der Waals surface area contributed by atoms with Crippen LogP contribution in [0.3, 0.4) is 0 Å². The SMILES string of the molecule is CCc1nc2cc(NC3CCC(O)CC3)ccc2o1. The van der Waals surface area contributed by atoms with Crippen LogP contribution in [0.5, 0.6) is 0 Å². The van der Waals surface area contributed by atoms with Gasteiger partial charge in [0.15, 0.2) is 11.5 Å². The number of hydrogen-bond acceptors (Lipinski definition) is 4. The van der Waals surface area contributed by atoms with Gasteiger partial charge < -0.3 is 14.8 Å². The van der Waals surface area contributed by atoms with Gasteiger partial charge in [0.05, 0.1) is 6.10 Å². The van der Waals surface area contributed by atoms with Crippen molar-refractivity contribution >= 4 is 16.8 Å². The van der Waals surface area contributed by atoms with E-state index in [1.807, 2.05) is 25.1 Å². The Morgan fingerprint density at radius 3 is 2.84 bits per heavy atom. The zero-order chi connectivity index (χ0) is 13.2. The van der Waals surface area contributed by atoms with Gasteiger partial charge in [-0.2, -0.15) is 0 Å². The van der Waals surface area contributed by atoms with E-state index in [2.05, 4.69) is 10.3 Å². The van der Waals surface area contributed by atoms with Crippen molar-refractivity contribution in [3.8, 4) is 0 Å². The molecule has 0 aliphatic heterocycles. The molecule has 1 aliphatic rings. The standard InChI is InChI=1S/C15H20N2O2/c1-2-15-17-13-9-11(5-8-14(13)19-15)16-10-3-6-12(18)7-4-10/h5,8-10,12,16,18H,2-4,6-7H2,1H3. The third kappa shape index (κ3) is 2.73. The van der Waals surface area contributed by atoms with E-state index in [4.69, 9.17) is 4.42 Å². The molecule has 0 spiro atoms. The second-order valence-electron chi connectivity index (χ2n) is 5.29. The van der Waals surface area contributed by atoms with E-state index < -0.39 is 0 Å². The molecule has 0 bridgehead atoms. The van der Waals surface area contributed by atoms with Gasteiger partial charge in [-0.05, 0) is 43.9 Å². The number of hydrogen-bond donors (Lipinski definition) is 2. The molecule has 1 aromatic carbocycles. The number of aryl methyl sites for hydroxylation is 1.